The van der Waals surface area contributed by atoms with Crippen LogP contribution in [-0.4, -0.2) is 30.5 Å². The molecular formula is C22H23NO5. The van der Waals surface area contributed by atoms with Crippen molar-refractivity contribution >= 4 is 23.5 Å². The zero-order chi connectivity index (χ0) is 20.1. The van der Waals surface area contributed by atoms with Crippen molar-refractivity contribution in [2.75, 3.05) is 11.5 Å². The molecule has 6 heteroatoms. The minimum atomic E-state index is -0.744. The molecular weight excluding hydrogens is 358 g/mol. The first-order valence-corrected chi connectivity index (χ1v) is 9.44. The summed E-state index contributed by atoms with van der Waals surface area (Å²) >= 11 is 0. The molecule has 1 atom stereocenters. The number of ether oxygens (including phenoxy) is 2. The normalized spacial score (nSPS) is 14.0. The molecule has 0 saturated heterocycles. The van der Waals surface area contributed by atoms with Crippen molar-refractivity contribution in [2.24, 2.45) is 0 Å². The first kappa shape index (κ1) is 19.6. The summed E-state index contributed by atoms with van der Waals surface area (Å²) in [6.07, 6.45) is 2.17. The van der Waals surface area contributed by atoms with Gasteiger partial charge < -0.3 is 9.47 Å². The molecule has 146 valence electrons. The fourth-order valence-electron chi connectivity index (χ4n) is 2.99. The van der Waals surface area contributed by atoms with Crippen molar-refractivity contribution in [1.82, 2.24) is 0 Å². The lowest BCUT2D eigenvalue weighted by Crippen LogP contribution is -2.29. The van der Waals surface area contributed by atoms with Crippen LogP contribution in [0.3, 0.4) is 0 Å². The second-order valence-electron chi connectivity index (χ2n) is 6.62. The van der Waals surface area contributed by atoms with Gasteiger partial charge in [0.05, 0.1) is 23.4 Å². The monoisotopic (exact) mass is 381 g/mol. The molecule has 0 saturated carbocycles. The fraction of sp³-hybridized carbons (Fsp3) is 0.318. The summed E-state index contributed by atoms with van der Waals surface area (Å²) in [4.78, 5) is 38.1. The number of hydrogen-bond acceptors (Lipinski definition) is 5. The molecule has 3 rings (SSSR count). The largest absolute Gasteiger partial charge is 0.479 e. The standard InChI is InChI=1S/C22H23NO5/c1-3-4-7-14-27-22(26)15(2)28-17-12-10-16(11-13-17)23-20(24)18-8-5-6-9-19(18)21(23)25/h5-6,8-13,15H,3-4,7,14H2,1-2H3. The van der Waals surface area contributed by atoms with Gasteiger partial charge in [0.1, 0.15) is 5.75 Å². The van der Waals surface area contributed by atoms with Crippen molar-refractivity contribution in [3.05, 3.63) is 59.7 Å². The Morgan fingerprint density at radius 3 is 2.14 bits per heavy atom. The van der Waals surface area contributed by atoms with E-state index in [9.17, 15) is 14.4 Å². The molecule has 1 heterocycles. The van der Waals surface area contributed by atoms with E-state index in [4.69, 9.17) is 9.47 Å². The second-order valence-corrected chi connectivity index (χ2v) is 6.62. The first-order chi connectivity index (χ1) is 13.5. The average molecular weight is 381 g/mol. The maximum atomic E-state index is 12.5. The number of amides is 2. The number of nitrogens with zero attached hydrogens (tertiary/aromatic N) is 1. The molecule has 1 aliphatic heterocycles. The number of imide groups is 1. The highest BCUT2D eigenvalue weighted by Gasteiger charge is 2.36. The smallest absolute Gasteiger partial charge is 0.347 e. The molecule has 0 aromatic heterocycles. The van der Waals surface area contributed by atoms with E-state index < -0.39 is 12.1 Å². The number of hydrogen-bond donors (Lipinski definition) is 0. The summed E-state index contributed by atoms with van der Waals surface area (Å²) < 4.78 is 10.8. The van der Waals surface area contributed by atoms with Crippen molar-refractivity contribution in [2.45, 2.75) is 39.2 Å². The van der Waals surface area contributed by atoms with Crippen LogP contribution in [0, 0.1) is 0 Å². The number of unbranched alkanes of at least 4 members (excludes halogenated alkanes) is 2. The van der Waals surface area contributed by atoms with E-state index in [0.717, 1.165) is 24.2 Å². The van der Waals surface area contributed by atoms with Gasteiger partial charge in [-0.25, -0.2) is 9.69 Å². The summed E-state index contributed by atoms with van der Waals surface area (Å²) in [6, 6.07) is 13.2. The Balaban J connectivity index is 1.62. The molecule has 2 amide bonds. The Morgan fingerprint density at radius 2 is 1.57 bits per heavy atom. The van der Waals surface area contributed by atoms with E-state index in [-0.39, 0.29) is 11.8 Å². The second kappa shape index (κ2) is 8.69. The van der Waals surface area contributed by atoms with Crippen molar-refractivity contribution in [3.63, 3.8) is 0 Å². The predicted octanol–water partition coefficient (Wildman–Crippen LogP) is 3.99. The lowest BCUT2D eigenvalue weighted by molar-refractivity contribution is -0.151. The molecule has 0 spiro atoms. The third-order valence-electron chi connectivity index (χ3n) is 4.53. The number of fused-ring (bicyclic) bond motifs is 1. The van der Waals surface area contributed by atoms with Crippen molar-refractivity contribution in [3.8, 4) is 5.75 Å². The zero-order valence-corrected chi connectivity index (χ0v) is 16.0. The quantitative estimate of drug-likeness (QED) is 0.393. The van der Waals surface area contributed by atoms with Gasteiger partial charge in [0.15, 0.2) is 6.10 Å². The molecule has 28 heavy (non-hydrogen) atoms. The van der Waals surface area contributed by atoms with Crippen molar-refractivity contribution in [1.29, 1.82) is 0 Å². The lowest BCUT2D eigenvalue weighted by Gasteiger charge is -2.16. The van der Waals surface area contributed by atoms with Gasteiger partial charge in [-0.1, -0.05) is 31.9 Å². The molecule has 0 N–H and O–H groups in total. The summed E-state index contributed by atoms with van der Waals surface area (Å²) in [5.41, 5.74) is 1.24. The molecule has 6 nitrogen and oxygen atoms in total. The van der Waals surface area contributed by atoms with Gasteiger partial charge >= 0.3 is 5.97 Å². The number of carbonyl (C=O) groups is 3. The van der Waals surface area contributed by atoms with Crippen LogP contribution in [-0.2, 0) is 9.53 Å². The average Bonchev–Trinajstić information content (AvgIpc) is 2.96. The maximum Gasteiger partial charge on any atom is 0.347 e. The highest BCUT2D eigenvalue weighted by Crippen LogP contribution is 2.29. The van der Waals surface area contributed by atoms with Gasteiger partial charge in [-0.2, -0.15) is 0 Å². The van der Waals surface area contributed by atoms with Crippen molar-refractivity contribution < 1.29 is 23.9 Å². The van der Waals surface area contributed by atoms with E-state index in [2.05, 4.69) is 6.92 Å². The van der Waals surface area contributed by atoms with Crippen LogP contribution < -0.4 is 9.64 Å². The third-order valence-corrected chi connectivity index (χ3v) is 4.53. The number of benzene rings is 2. The lowest BCUT2D eigenvalue weighted by atomic mass is 10.1. The topological polar surface area (TPSA) is 72.9 Å². The van der Waals surface area contributed by atoms with Crippen LogP contribution >= 0.6 is 0 Å². The summed E-state index contributed by atoms with van der Waals surface area (Å²) in [5, 5.41) is 0. The predicted molar refractivity (Wildman–Crippen MR) is 105 cm³/mol. The van der Waals surface area contributed by atoms with Crippen LogP contribution in [0.5, 0.6) is 5.75 Å². The van der Waals surface area contributed by atoms with E-state index >= 15 is 0 Å². The van der Waals surface area contributed by atoms with Crippen LogP contribution in [0.1, 0.15) is 53.8 Å². The van der Waals surface area contributed by atoms with Crippen LogP contribution in [0.2, 0.25) is 0 Å². The molecule has 0 bridgehead atoms. The molecule has 0 radical (unpaired) electrons. The van der Waals surface area contributed by atoms with E-state index in [1.807, 2.05) is 0 Å². The van der Waals surface area contributed by atoms with E-state index in [1.54, 1.807) is 55.5 Å². The molecule has 0 fully saturated rings. The molecule has 1 unspecified atom stereocenters. The maximum absolute atomic E-state index is 12.5. The summed E-state index contributed by atoms with van der Waals surface area (Å²) in [5.74, 6) is -0.657. The van der Waals surface area contributed by atoms with Crippen LogP contribution in [0.4, 0.5) is 5.69 Å². The molecule has 2 aromatic rings. The molecule has 2 aromatic carbocycles. The van der Waals surface area contributed by atoms with Gasteiger partial charge in [0.25, 0.3) is 11.8 Å². The van der Waals surface area contributed by atoms with Crippen LogP contribution in [0.15, 0.2) is 48.5 Å². The number of anilines is 1. The van der Waals surface area contributed by atoms with Gasteiger partial charge in [0, 0.05) is 0 Å². The van der Waals surface area contributed by atoms with Crippen LogP contribution in [0.25, 0.3) is 0 Å². The Labute approximate surface area is 164 Å². The Morgan fingerprint density at radius 1 is 0.964 bits per heavy atom. The highest BCUT2D eigenvalue weighted by atomic mass is 16.6. The molecule has 1 aliphatic rings. The number of carbonyl (C=O) groups excluding carboxylic acids is 3. The minimum absolute atomic E-state index is 0.349. The minimum Gasteiger partial charge on any atom is -0.479 e. The molecule has 0 aliphatic carbocycles. The summed E-state index contributed by atoms with van der Waals surface area (Å²) in [6.45, 7) is 4.10. The number of rotatable bonds is 8. The SMILES string of the molecule is CCCCCOC(=O)C(C)Oc1ccc(N2C(=O)c3ccccc3C2=O)cc1. The summed E-state index contributed by atoms with van der Waals surface area (Å²) in [7, 11) is 0. The third kappa shape index (κ3) is 4.06. The van der Waals surface area contributed by atoms with Gasteiger partial charge in [0.2, 0.25) is 0 Å². The zero-order valence-electron chi connectivity index (χ0n) is 16.0. The van der Waals surface area contributed by atoms with E-state index in [1.165, 1.54) is 0 Å². The Hall–Kier alpha value is -3.15. The van der Waals surface area contributed by atoms with Gasteiger partial charge in [-0.3, -0.25) is 9.59 Å². The Bertz CT molecular complexity index is 840. The van der Waals surface area contributed by atoms with Gasteiger partial charge in [-0.05, 0) is 49.7 Å². The van der Waals surface area contributed by atoms with E-state index in [0.29, 0.717) is 29.2 Å². The highest BCUT2D eigenvalue weighted by molar-refractivity contribution is 6.34. The fourth-order valence-corrected chi connectivity index (χ4v) is 2.99. The number of esters is 1. The van der Waals surface area contributed by atoms with Gasteiger partial charge in [-0.15, -0.1) is 0 Å². The Kier molecular flexibility index (Phi) is 6.09. The first-order valence-electron chi connectivity index (χ1n) is 9.44.